The number of anilines is 2. The maximum Gasteiger partial charge on any atom is 0.229 e. The highest BCUT2D eigenvalue weighted by Crippen LogP contribution is 2.25. The highest BCUT2D eigenvalue weighted by Gasteiger charge is 2.35. The Balaban J connectivity index is 1.41. The molecule has 4 rings (SSSR count). The Hall–Kier alpha value is -3.54. The van der Waals surface area contributed by atoms with Gasteiger partial charge in [0.05, 0.1) is 24.0 Å². The predicted molar refractivity (Wildman–Crippen MR) is 103 cm³/mol. The average Bonchev–Trinajstić information content (AvgIpc) is 3.12. The summed E-state index contributed by atoms with van der Waals surface area (Å²) in [7, 11) is 0. The molecule has 1 aromatic heterocycles. The van der Waals surface area contributed by atoms with Crippen LogP contribution in [0.1, 0.15) is 6.42 Å². The fourth-order valence-electron chi connectivity index (χ4n) is 3.11. The summed E-state index contributed by atoms with van der Waals surface area (Å²) >= 11 is 0. The van der Waals surface area contributed by atoms with E-state index < -0.39 is 5.92 Å². The Labute approximate surface area is 156 Å². The van der Waals surface area contributed by atoms with E-state index in [1.807, 2.05) is 60.7 Å². The van der Waals surface area contributed by atoms with Gasteiger partial charge in [0.2, 0.25) is 11.8 Å². The first kappa shape index (κ1) is 16.9. The maximum absolute atomic E-state index is 12.5. The average molecular weight is 358 g/mol. The lowest BCUT2D eigenvalue weighted by Gasteiger charge is -2.16. The third-order valence-electron chi connectivity index (χ3n) is 4.52. The Bertz CT molecular complexity index is 943. The highest BCUT2D eigenvalue weighted by atomic mass is 16.2. The summed E-state index contributed by atoms with van der Waals surface area (Å²) in [5, 5.41) is 2.81. The van der Waals surface area contributed by atoms with Crippen LogP contribution in [0, 0.1) is 5.92 Å². The van der Waals surface area contributed by atoms with E-state index in [1.165, 1.54) is 0 Å². The quantitative estimate of drug-likeness (QED) is 0.777. The Kier molecular flexibility index (Phi) is 4.61. The molecule has 1 saturated heterocycles. The van der Waals surface area contributed by atoms with Gasteiger partial charge in [-0.1, -0.05) is 48.5 Å². The minimum Gasteiger partial charge on any atom is -0.323 e. The summed E-state index contributed by atoms with van der Waals surface area (Å²) in [6.45, 7) is 0.373. The van der Waals surface area contributed by atoms with Crippen LogP contribution in [0.3, 0.4) is 0 Å². The summed E-state index contributed by atoms with van der Waals surface area (Å²) in [4.78, 5) is 35.1. The Morgan fingerprint density at radius 2 is 1.59 bits per heavy atom. The van der Waals surface area contributed by atoms with Crippen molar-refractivity contribution >= 4 is 23.2 Å². The van der Waals surface area contributed by atoms with E-state index in [9.17, 15) is 9.59 Å². The minimum atomic E-state index is -0.397. The first-order valence-corrected chi connectivity index (χ1v) is 8.74. The molecule has 2 aromatic carbocycles. The largest absolute Gasteiger partial charge is 0.323 e. The minimum absolute atomic E-state index is 0.0444. The number of hydrogen-bond donors (Lipinski definition) is 1. The van der Waals surface area contributed by atoms with Crippen molar-refractivity contribution in [3.63, 3.8) is 0 Å². The molecule has 2 amide bonds. The zero-order valence-electron chi connectivity index (χ0n) is 14.6. The first-order valence-electron chi connectivity index (χ1n) is 8.74. The second-order valence-corrected chi connectivity index (χ2v) is 6.39. The molecule has 0 bridgehead atoms. The van der Waals surface area contributed by atoms with Crippen LogP contribution < -0.4 is 10.2 Å². The summed E-state index contributed by atoms with van der Waals surface area (Å²) in [6, 6.07) is 19.0. The molecule has 0 saturated carbocycles. The number of amides is 2. The SMILES string of the molecule is O=C(Nc1cnc(-c2ccccc2)nc1)[C@@H]1CC(=O)N(c2ccccc2)C1. The first-order chi connectivity index (χ1) is 13.2. The van der Waals surface area contributed by atoms with Crippen molar-refractivity contribution in [3.05, 3.63) is 73.1 Å². The van der Waals surface area contributed by atoms with Crippen LogP contribution in [0.15, 0.2) is 73.1 Å². The predicted octanol–water partition coefficient (Wildman–Crippen LogP) is 3.14. The number of nitrogens with one attached hydrogen (secondary N) is 1. The van der Waals surface area contributed by atoms with Gasteiger partial charge in [-0.25, -0.2) is 9.97 Å². The molecular formula is C21H18N4O2. The zero-order valence-corrected chi connectivity index (χ0v) is 14.6. The van der Waals surface area contributed by atoms with Crippen molar-refractivity contribution in [3.8, 4) is 11.4 Å². The molecule has 27 heavy (non-hydrogen) atoms. The van der Waals surface area contributed by atoms with Gasteiger partial charge < -0.3 is 10.2 Å². The van der Waals surface area contributed by atoms with Gasteiger partial charge in [-0.05, 0) is 12.1 Å². The van der Waals surface area contributed by atoms with Crippen LogP contribution >= 0.6 is 0 Å². The Morgan fingerprint density at radius 3 is 2.26 bits per heavy atom. The van der Waals surface area contributed by atoms with E-state index >= 15 is 0 Å². The summed E-state index contributed by atoms with van der Waals surface area (Å²) < 4.78 is 0. The smallest absolute Gasteiger partial charge is 0.229 e. The number of aromatic nitrogens is 2. The van der Waals surface area contributed by atoms with E-state index in [0.29, 0.717) is 18.1 Å². The van der Waals surface area contributed by atoms with Gasteiger partial charge in [-0.15, -0.1) is 0 Å². The van der Waals surface area contributed by atoms with Crippen LogP contribution in [-0.4, -0.2) is 28.3 Å². The molecule has 0 unspecified atom stereocenters. The lowest BCUT2D eigenvalue weighted by molar-refractivity contribution is -0.122. The Morgan fingerprint density at radius 1 is 0.963 bits per heavy atom. The van der Waals surface area contributed by atoms with Crippen LogP contribution in [0.25, 0.3) is 11.4 Å². The number of para-hydroxylation sites is 1. The molecule has 6 heteroatoms. The number of benzene rings is 2. The van der Waals surface area contributed by atoms with Crippen molar-refractivity contribution in [2.45, 2.75) is 6.42 Å². The highest BCUT2D eigenvalue weighted by molar-refractivity contribution is 6.03. The van der Waals surface area contributed by atoms with Crippen LogP contribution in [0.5, 0.6) is 0 Å². The van der Waals surface area contributed by atoms with Crippen LogP contribution in [0.2, 0.25) is 0 Å². The van der Waals surface area contributed by atoms with Crippen LogP contribution in [-0.2, 0) is 9.59 Å². The maximum atomic E-state index is 12.5. The molecule has 0 aliphatic carbocycles. The topological polar surface area (TPSA) is 75.2 Å². The molecule has 3 aromatic rings. The second-order valence-electron chi connectivity index (χ2n) is 6.39. The molecule has 1 fully saturated rings. The zero-order chi connectivity index (χ0) is 18.6. The van der Waals surface area contributed by atoms with Gasteiger partial charge >= 0.3 is 0 Å². The van der Waals surface area contributed by atoms with Crippen molar-refractivity contribution in [1.29, 1.82) is 0 Å². The van der Waals surface area contributed by atoms with Gasteiger partial charge in [0.1, 0.15) is 0 Å². The van der Waals surface area contributed by atoms with Crippen molar-refractivity contribution in [1.82, 2.24) is 9.97 Å². The normalized spacial score (nSPS) is 16.4. The monoisotopic (exact) mass is 358 g/mol. The molecule has 1 N–H and O–H groups in total. The molecule has 1 aliphatic heterocycles. The van der Waals surface area contributed by atoms with E-state index in [1.54, 1.807) is 17.3 Å². The summed E-state index contributed by atoms with van der Waals surface area (Å²) in [5.41, 5.74) is 2.24. The van der Waals surface area contributed by atoms with E-state index in [4.69, 9.17) is 0 Å². The second kappa shape index (κ2) is 7.37. The van der Waals surface area contributed by atoms with Gasteiger partial charge in [0, 0.05) is 24.2 Å². The number of rotatable bonds is 4. The molecule has 134 valence electrons. The fraction of sp³-hybridized carbons (Fsp3) is 0.143. The van der Waals surface area contributed by atoms with E-state index in [-0.39, 0.29) is 18.2 Å². The van der Waals surface area contributed by atoms with E-state index in [2.05, 4.69) is 15.3 Å². The van der Waals surface area contributed by atoms with Gasteiger partial charge in [0.15, 0.2) is 5.82 Å². The van der Waals surface area contributed by atoms with Crippen molar-refractivity contribution in [2.75, 3.05) is 16.8 Å². The molecule has 1 atom stereocenters. The third-order valence-corrected chi connectivity index (χ3v) is 4.52. The fourth-order valence-corrected chi connectivity index (χ4v) is 3.11. The molecular weight excluding hydrogens is 340 g/mol. The number of carbonyl (C=O) groups excluding carboxylic acids is 2. The number of carbonyl (C=O) groups is 2. The molecule has 1 aliphatic rings. The third kappa shape index (κ3) is 3.69. The lowest BCUT2D eigenvalue weighted by atomic mass is 10.1. The number of hydrogen-bond acceptors (Lipinski definition) is 4. The summed E-state index contributed by atoms with van der Waals surface area (Å²) in [5.74, 6) is -0.0405. The molecule has 0 spiro atoms. The van der Waals surface area contributed by atoms with Gasteiger partial charge in [-0.3, -0.25) is 9.59 Å². The van der Waals surface area contributed by atoms with Crippen LogP contribution in [0.4, 0.5) is 11.4 Å². The summed E-state index contributed by atoms with van der Waals surface area (Å²) in [6.07, 6.45) is 3.36. The van der Waals surface area contributed by atoms with Gasteiger partial charge in [0.25, 0.3) is 0 Å². The number of nitrogens with zero attached hydrogens (tertiary/aromatic N) is 3. The standard InChI is InChI=1S/C21H18N4O2/c26-19-11-16(14-25(19)18-9-5-2-6-10-18)21(27)24-17-12-22-20(23-13-17)15-7-3-1-4-8-15/h1-10,12-13,16H,11,14H2,(H,24,27)/t16-/m1/s1. The molecule has 6 nitrogen and oxygen atoms in total. The van der Waals surface area contributed by atoms with Crippen molar-refractivity contribution < 1.29 is 9.59 Å². The lowest BCUT2D eigenvalue weighted by Crippen LogP contribution is -2.28. The molecule has 2 heterocycles. The van der Waals surface area contributed by atoms with Crippen molar-refractivity contribution in [2.24, 2.45) is 5.92 Å². The van der Waals surface area contributed by atoms with E-state index in [0.717, 1.165) is 11.3 Å². The van der Waals surface area contributed by atoms with Gasteiger partial charge in [-0.2, -0.15) is 0 Å². The molecule has 0 radical (unpaired) electrons.